The highest BCUT2D eigenvalue weighted by Gasteiger charge is 2.30. The van der Waals surface area contributed by atoms with Crippen molar-refractivity contribution in [1.29, 1.82) is 0 Å². The molecule has 0 atom stereocenters. The summed E-state index contributed by atoms with van der Waals surface area (Å²) in [5.41, 5.74) is 1.61. The number of anilines is 2. The van der Waals surface area contributed by atoms with Crippen LogP contribution in [0.1, 0.15) is 36.2 Å². The highest BCUT2D eigenvalue weighted by atomic mass is 79.9. The maximum absolute atomic E-state index is 15.4. The van der Waals surface area contributed by atoms with Crippen molar-refractivity contribution in [2.45, 2.75) is 25.8 Å². The molecule has 0 unspecified atom stereocenters. The van der Waals surface area contributed by atoms with Crippen LogP contribution in [0.2, 0.25) is 0 Å². The summed E-state index contributed by atoms with van der Waals surface area (Å²) in [6.07, 6.45) is 3.13. The predicted molar refractivity (Wildman–Crippen MR) is 161 cm³/mol. The number of carbonyl (C=O) groups is 2. The van der Waals surface area contributed by atoms with Crippen LogP contribution in [0.5, 0.6) is 0 Å². The van der Waals surface area contributed by atoms with Crippen LogP contribution in [0.15, 0.2) is 57.2 Å². The highest BCUT2D eigenvalue weighted by molar-refractivity contribution is 9.10. The van der Waals surface area contributed by atoms with Crippen molar-refractivity contribution in [3.8, 4) is 11.3 Å². The van der Waals surface area contributed by atoms with Crippen LogP contribution in [0.3, 0.4) is 0 Å². The summed E-state index contributed by atoms with van der Waals surface area (Å²) < 4.78 is 18.1. The molecule has 4 aromatic rings. The Bertz CT molecular complexity index is 1710. The lowest BCUT2D eigenvalue weighted by atomic mass is 10.1. The van der Waals surface area contributed by atoms with E-state index in [1.165, 1.54) is 17.5 Å². The van der Waals surface area contributed by atoms with Gasteiger partial charge in [-0.1, -0.05) is 28.1 Å². The summed E-state index contributed by atoms with van der Waals surface area (Å²) >= 11 is 4.86. The van der Waals surface area contributed by atoms with Gasteiger partial charge >= 0.3 is 12.0 Å². The first-order chi connectivity index (χ1) is 19.7. The Morgan fingerprint density at radius 1 is 1.15 bits per heavy atom. The monoisotopic (exact) mass is 639 g/mol. The van der Waals surface area contributed by atoms with E-state index in [9.17, 15) is 19.5 Å². The van der Waals surface area contributed by atoms with Gasteiger partial charge in [-0.25, -0.2) is 19.0 Å². The van der Waals surface area contributed by atoms with Crippen LogP contribution in [-0.2, 0) is 0 Å². The lowest BCUT2D eigenvalue weighted by Gasteiger charge is -2.38. The fourth-order valence-corrected chi connectivity index (χ4v) is 6.37. The van der Waals surface area contributed by atoms with Crippen LogP contribution in [0, 0.1) is 5.82 Å². The summed E-state index contributed by atoms with van der Waals surface area (Å²) in [5.74, 6) is -1.90. The number of carbonyl (C=O) groups excluding carboxylic acids is 1. The molecule has 0 radical (unpaired) electrons. The van der Waals surface area contributed by atoms with Gasteiger partial charge in [-0.2, -0.15) is 0 Å². The molecule has 2 amide bonds. The predicted octanol–water partition coefficient (Wildman–Crippen LogP) is 5.83. The van der Waals surface area contributed by atoms with Crippen molar-refractivity contribution in [3.05, 3.63) is 74.1 Å². The van der Waals surface area contributed by atoms with Gasteiger partial charge in [0.05, 0.1) is 16.9 Å². The molecule has 1 aliphatic carbocycles. The molecule has 9 nitrogen and oxygen atoms in total. The summed E-state index contributed by atoms with van der Waals surface area (Å²) in [6, 6.07) is 10.6. The smallest absolute Gasteiger partial charge is 0.341 e. The third-order valence-electron chi connectivity index (χ3n) is 7.57. The number of carboxylic acids is 1. The number of hydrogen-bond acceptors (Lipinski definition) is 6. The van der Waals surface area contributed by atoms with Crippen LogP contribution < -0.4 is 15.2 Å². The number of carboxylic acid groups (broad SMARTS) is 1. The van der Waals surface area contributed by atoms with Crippen molar-refractivity contribution in [2.75, 3.05) is 42.5 Å². The maximum Gasteiger partial charge on any atom is 0.341 e. The van der Waals surface area contributed by atoms with E-state index in [2.05, 4.69) is 15.9 Å². The van der Waals surface area contributed by atoms with Crippen molar-refractivity contribution < 1.29 is 19.1 Å². The third-order valence-corrected chi connectivity index (χ3v) is 8.96. The van der Waals surface area contributed by atoms with Gasteiger partial charge in [-0.3, -0.25) is 9.69 Å². The Morgan fingerprint density at radius 3 is 2.49 bits per heavy atom. The van der Waals surface area contributed by atoms with Crippen LogP contribution in [-0.4, -0.2) is 64.3 Å². The SMILES string of the molecule is CCN(C(=O)N1CCN(c2cc3c(cc2F)c(=O)c(C(=O)O)cn3C2CC2)CC1)c1nc(-c2ccc(Br)cc2)cs1. The van der Waals surface area contributed by atoms with Crippen LogP contribution >= 0.6 is 27.3 Å². The molecule has 2 fully saturated rings. The molecule has 2 aromatic heterocycles. The van der Waals surface area contributed by atoms with E-state index in [0.29, 0.717) is 49.1 Å². The lowest BCUT2D eigenvalue weighted by molar-refractivity contribution is 0.0694. The number of piperazine rings is 1. The number of thiazole rings is 1. The first-order valence-corrected chi connectivity index (χ1v) is 15.1. The van der Waals surface area contributed by atoms with Gasteiger partial charge in [0, 0.05) is 65.8 Å². The largest absolute Gasteiger partial charge is 0.477 e. The average Bonchev–Trinajstić information content (AvgIpc) is 3.70. The Labute approximate surface area is 247 Å². The Balaban J connectivity index is 1.20. The number of aromatic nitrogens is 2. The Kier molecular flexibility index (Phi) is 7.28. The molecule has 1 saturated carbocycles. The first-order valence-electron chi connectivity index (χ1n) is 13.4. The summed E-state index contributed by atoms with van der Waals surface area (Å²) in [7, 11) is 0. The minimum absolute atomic E-state index is 0.0661. The van der Waals surface area contributed by atoms with Gasteiger partial charge in [0.15, 0.2) is 5.13 Å². The number of pyridine rings is 1. The van der Waals surface area contributed by atoms with Gasteiger partial charge in [0.1, 0.15) is 11.4 Å². The van der Waals surface area contributed by atoms with Gasteiger partial charge in [0.25, 0.3) is 0 Å². The second-order valence-electron chi connectivity index (χ2n) is 10.2. The fraction of sp³-hybridized carbons (Fsp3) is 0.310. The standard InChI is InChI=1S/C29H27BrFN5O4S/c1-2-35(28-32-23(16-41-28)17-3-5-18(30)6-4-17)29(40)34-11-9-33(10-12-34)25-14-24-20(13-22(25)31)26(37)21(27(38)39)15-36(24)19-7-8-19/h3-6,13-16,19H,2,7-12H2,1H3,(H,38,39). The van der Waals surface area contributed by atoms with Gasteiger partial charge in [0.2, 0.25) is 5.43 Å². The normalized spacial score (nSPS) is 15.4. The van der Waals surface area contributed by atoms with E-state index in [4.69, 9.17) is 4.98 Å². The zero-order valence-corrected chi connectivity index (χ0v) is 24.6. The van der Waals surface area contributed by atoms with Crippen molar-refractivity contribution in [3.63, 3.8) is 0 Å². The second kappa shape index (κ2) is 10.9. The van der Waals surface area contributed by atoms with Gasteiger partial charge in [-0.15, -0.1) is 11.3 Å². The highest BCUT2D eigenvalue weighted by Crippen LogP contribution is 2.38. The fourth-order valence-electron chi connectivity index (χ4n) is 5.21. The number of hydrogen-bond donors (Lipinski definition) is 1. The maximum atomic E-state index is 15.4. The van der Waals surface area contributed by atoms with E-state index in [1.54, 1.807) is 20.4 Å². The number of halogens is 2. The minimum atomic E-state index is -1.32. The summed E-state index contributed by atoms with van der Waals surface area (Å²) in [5, 5.41) is 12.1. The number of nitrogens with zero attached hydrogens (tertiary/aromatic N) is 5. The number of rotatable bonds is 6. The molecule has 212 valence electrons. The molecule has 1 saturated heterocycles. The molecular formula is C29H27BrFN5O4S. The molecule has 41 heavy (non-hydrogen) atoms. The molecule has 2 aliphatic rings. The number of aromatic carboxylic acids is 1. The molecule has 0 spiro atoms. The molecule has 2 aromatic carbocycles. The third kappa shape index (κ3) is 5.21. The summed E-state index contributed by atoms with van der Waals surface area (Å²) in [6.45, 7) is 3.98. The zero-order chi connectivity index (χ0) is 28.8. The van der Waals surface area contributed by atoms with Crippen LogP contribution in [0.25, 0.3) is 22.2 Å². The van der Waals surface area contributed by atoms with Gasteiger partial charge < -0.3 is 19.5 Å². The Hall–Kier alpha value is -3.77. The number of amides is 2. The first kappa shape index (κ1) is 27.4. The number of fused-ring (bicyclic) bond motifs is 1. The molecular weight excluding hydrogens is 613 g/mol. The molecule has 3 heterocycles. The van der Waals surface area contributed by atoms with E-state index in [1.807, 2.05) is 41.5 Å². The number of benzene rings is 2. The molecule has 0 bridgehead atoms. The quantitative estimate of drug-likeness (QED) is 0.285. The lowest BCUT2D eigenvalue weighted by Crippen LogP contribution is -2.53. The molecule has 6 rings (SSSR count). The van der Waals surface area contributed by atoms with E-state index in [0.717, 1.165) is 34.6 Å². The molecule has 1 N–H and O–H groups in total. The number of urea groups is 1. The van der Waals surface area contributed by atoms with Crippen molar-refractivity contribution in [1.82, 2.24) is 14.5 Å². The Morgan fingerprint density at radius 2 is 1.85 bits per heavy atom. The minimum Gasteiger partial charge on any atom is -0.477 e. The zero-order valence-electron chi connectivity index (χ0n) is 22.2. The summed E-state index contributed by atoms with van der Waals surface area (Å²) in [4.78, 5) is 47.9. The molecule has 1 aliphatic heterocycles. The van der Waals surface area contributed by atoms with E-state index in [-0.39, 0.29) is 23.0 Å². The van der Waals surface area contributed by atoms with Crippen LogP contribution in [0.4, 0.5) is 20.0 Å². The topological polar surface area (TPSA) is 99.0 Å². The average molecular weight is 641 g/mol. The molecule has 12 heteroatoms. The van der Waals surface area contributed by atoms with Crippen molar-refractivity contribution >= 4 is 61.0 Å². The van der Waals surface area contributed by atoms with Gasteiger partial charge in [-0.05, 0) is 44.0 Å². The van der Waals surface area contributed by atoms with E-state index < -0.39 is 17.2 Å². The van der Waals surface area contributed by atoms with E-state index >= 15 is 4.39 Å². The van der Waals surface area contributed by atoms with Crippen molar-refractivity contribution in [2.24, 2.45) is 0 Å². The second-order valence-corrected chi connectivity index (χ2v) is 11.9.